The number of carbonyl (C=O) groups excluding carboxylic acids is 1. The van der Waals surface area contributed by atoms with Crippen molar-refractivity contribution in [1.29, 1.82) is 0 Å². The maximum Gasteiger partial charge on any atom is 0.308 e. The van der Waals surface area contributed by atoms with Crippen LogP contribution in [0.15, 0.2) is 0 Å². The largest absolute Gasteiger partial charge is 0.487 e. The van der Waals surface area contributed by atoms with Crippen LogP contribution in [-0.2, 0) is 11.2 Å². The normalized spacial score (nSPS) is 19.5. The fraction of sp³-hybridized carbons (Fsp3) is 0.774. The average Bonchev–Trinajstić information content (AvgIpc) is 2.76. The molecule has 0 bridgehead atoms. The van der Waals surface area contributed by atoms with Crippen molar-refractivity contribution in [1.82, 2.24) is 0 Å². The van der Waals surface area contributed by atoms with Crippen molar-refractivity contribution < 1.29 is 14.3 Å². The molecule has 2 rings (SSSR count). The first-order chi connectivity index (χ1) is 15.9. The Morgan fingerprint density at radius 3 is 2.12 bits per heavy atom. The third kappa shape index (κ3) is 8.31. The van der Waals surface area contributed by atoms with Gasteiger partial charge in [0.1, 0.15) is 17.1 Å². The Bertz CT molecular complexity index is 810. The van der Waals surface area contributed by atoms with Gasteiger partial charge in [0.25, 0.3) is 0 Å². The van der Waals surface area contributed by atoms with E-state index in [-0.39, 0.29) is 11.6 Å². The fourth-order valence-electron chi connectivity index (χ4n) is 5.47. The second-order valence-corrected chi connectivity index (χ2v) is 12.0. The topological polar surface area (TPSA) is 35.5 Å². The molecule has 0 radical (unpaired) electrons. The third-order valence-electron chi connectivity index (χ3n) is 8.09. The van der Waals surface area contributed by atoms with Crippen molar-refractivity contribution in [2.45, 2.75) is 139 Å². The Labute approximate surface area is 210 Å². The number of esters is 1. The van der Waals surface area contributed by atoms with Crippen molar-refractivity contribution in [3.8, 4) is 11.5 Å². The molecular weight excluding hydrogens is 420 g/mol. The van der Waals surface area contributed by atoms with Crippen LogP contribution in [0.5, 0.6) is 11.5 Å². The van der Waals surface area contributed by atoms with E-state index in [9.17, 15) is 4.79 Å². The van der Waals surface area contributed by atoms with Crippen LogP contribution in [0.25, 0.3) is 0 Å². The second kappa shape index (κ2) is 13.0. The van der Waals surface area contributed by atoms with E-state index in [0.717, 1.165) is 65.2 Å². The van der Waals surface area contributed by atoms with Crippen molar-refractivity contribution in [2.75, 3.05) is 0 Å². The molecule has 0 aromatic heterocycles. The predicted molar refractivity (Wildman–Crippen MR) is 144 cm³/mol. The maximum atomic E-state index is 11.6. The van der Waals surface area contributed by atoms with Crippen LogP contribution < -0.4 is 9.47 Å². The highest BCUT2D eigenvalue weighted by atomic mass is 16.5. The number of hydrogen-bond acceptors (Lipinski definition) is 3. The molecule has 0 aliphatic carbocycles. The Kier molecular flexibility index (Phi) is 11.0. The molecule has 0 saturated carbocycles. The summed E-state index contributed by atoms with van der Waals surface area (Å²) in [6.07, 6.45) is 13.9. The summed E-state index contributed by atoms with van der Waals surface area (Å²) in [6.45, 7) is 19.5. The molecule has 1 aliphatic rings. The first-order valence-corrected chi connectivity index (χ1v) is 13.9. The number of unbranched alkanes of at least 4 members (excludes halogenated alkanes) is 1. The third-order valence-corrected chi connectivity index (χ3v) is 8.09. The molecule has 1 aromatic rings. The first-order valence-electron chi connectivity index (χ1n) is 13.9. The second-order valence-electron chi connectivity index (χ2n) is 12.0. The zero-order chi connectivity index (χ0) is 25.5. The Morgan fingerprint density at radius 2 is 1.50 bits per heavy atom. The van der Waals surface area contributed by atoms with Gasteiger partial charge in [-0.1, -0.05) is 72.6 Å². The number of rotatable bonds is 13. The van der Waals surface area contributed by atoms with Crippen molar-refractivity contribution >= 4 is 5.97 Å². The Morgan fingerprint density at radius 1 is 0.882 bits per heavy atom. The minimum atomic E-state index is -0.262. The van der Waals surface area contributed by atoms with Gasteiger partial charge in [-0.25, -0.2) is 0 Å². The summed E-state index contributed by atoms with van der Waals surface area (Å²) in [4.78, 5) is 11.6. The van der Waals surface area contributed by atoms with Gasteiger partial charge in [-0.3, -0.25) is 4.79 Å². The van der Waals surface area contributed by atoms with Gasteiger partial charge in [-0.15, -0.1) is 0 Å². The minimum Gasteiger partial charge on any atom is -0.487 e. The van der Waals surface area contributed by atoms with Crippen LogP contribution in [0.1, 0.15) is 128 Å². The number of fused-ring (bicyclic) bond motifs is 1. The molecule has 34 heavy (non-hydrogen) atoms. The highest BCUT2D eigenvalue weighted by molar-refractivity contribution is 5.72. The lowest BCUT2D eigenvalue weighted by Crippen LogP contribution is -2.37. The Hall–Kier alpha value is -1.51. The smallest absolute Gasteiger partial charge is 0.308 e. The molecule has 1 aliphatic heterocycles. The standard InChI is InChI=1S/C31H52O3/c1-21(2)16-17-23(4)15-12-14-22(3)13-10-11-19-31(9)20-18-28-26(7)29(33-27(8)32)24(5)25(6)30(28)34-31/h21-23H,10-20H2,1-9H3. The molecule has 0 saturated heterocycles. The molecule has 3 unspecified atom stereocenters. The van der Waals surface area contributed by atoms with Crippen LogP contribution in [0.3, 0.4) is 0 Å². The number of benzene rings is 1. The van der Waals surface area contributed by atoms with Crippen LogP contribution in [0.4, 0.5) is 0 Å². The lowest BCUT2D eigenvalue weighted by atomic mass is 9.84. The molecule has 3 atom stereocenters. The molecule has 0 fully saturated rings. The van der Waals surface area contributed by atoms with Crippen LogP contribution in [0.2, 0.25) is 0 Å². The van der Waals surface area contributed by atoms with Crippen LogP contribution in [-0.4, -0.2) is 11.6 Å². The summed E-state index contributed by atoms with van der Waals surface area (Å²) in [5.41, 5.74) is 4.30. The molecule has 194 valence electrons. The van der Waals surface area contributed by atoms with E-state index in [1.807, 2.05) is 6.92 Å². The van der Waals surface area contributed by atoms with E-state index in [4.69, 9.17) is 9.47 Å². The van der Waals surface area contributed by atoms with Crippen molar-refractivity contribution in [3.05, 3.63) is 22.3 Å². The molecular formula is C31H52O3. The van der Waals surface area contributed by atoms with E-state index in [0.29, 0.717) is 0 Å². The summed E-state index contributed by atoms with van der Waals surface area (Å²) in [6, 6.07) is 0. The van der Waals surface area contributed by atoms with Gasteiger partial charge in [0, 0.05) is 12.5 Å². The van der Waals surface area contributed by atoms with Crippen molar-refractivity contribution in [2.24, 2.45) is 17.8 Å². The van der Waals surface area contributed by atoms with Gasteiger partial charge in [-0.05, 0) is 87.8 Å². The zero-order valence-corrected chi connectivity index (χ0v) is 23.7. The van der Waals surface area contributed by atoms with Gasteiger partial charge in [0.15, 0.2) is 0 Å². The van der Waals surface area contributed by atoms with E-state index < -0.39 is 0 Å². The summed E-state index contributed by atoms with van der Waals surface area (Å²) < 4.78 is 12.2. The maximum absolute atomic E-state index is 11.6. The summed E-state index contributed by atoms with van der Waals surface area (Å²) in [7, 11) is 0. The quantitative estimate of drug-likeness (QED) is 0.163. The zero-order valence-electron chi connectivity index (χ0n) is 23.7. The lowest BCUT2D eigenvalue weighted by Gasteiger charge is -2.38. The number of carbonyl (C=O) groups is 1. The molecule has 1 aromatic carbocycles. The van der Waals surface area contributed by atoms with Crippen molar-refractivity contribution in [3.63, 3.8) is 0 Å². The van der Waals surface area contributed by atoms with E-state index in [2.05, 4.69) is 48.5 Å². The van der Waals surface area contributed by atoms with Crippen LogP contribution >= 0.6 is 0 Å². The van der Waals surface area contributed by atoms with Gasteiger partial charge < -0.3 is 9.47 Å². The van der Waals surface area contributed by atoms with E-state index in [1.165, 1.54) is 63.9 Å². The highest BCUT2D eigenvalue weighted by Crippen LogP contribution is 2.45. The fourth-order valence-corrected chi connectivity index (χ4v) is 5.47. The monoisotopic (exact) mass is 472 g/mol. The molecule has 0 N–H and O–H groups in total. The predicted octanol–water partition coefficient (Wildman–Crippen LogP) is 9.06. The lowest BCUT2D eigenvalue weighted by molar-refractivity contribution is -0.132. The van der Waals surface area contributed by atoms with E-state index >= 15 is 0 Å². The molecule has 1 heterocycles. The SMILES string of the molecule is CC(=O)Oc1c(C)c(C)c2c(c1C)CCC(C)(CCCCC(C)CCCC(C)CCC(C)C)O2. The first kappa shape index (κ1) is 28.7. The van der Waals surface area contributed by atoms with E-state index in [1.54, 1.807) is 0 Å². The summed E-state index contributed by atoms with van der Waals surface area (Å²) in [5, 5.41) is 0. The molecule has 0 spiro atoms. The molecule has 3 nitrogen and oxygen atoms in total. The summed E-state index contributed by atoms with van der Waals surface area (Å²) >= 11 is 0. The average molecular weight is 473 g/mol. The highest BCUT2D eigenvalue weighted by Gasteiger charge is 2.34. The van der Waals surface area contributed by atoms with Gasteiger partial charge in [0.2, 0.25) is 0 Å². The molecule has 0 amide bonds. The number of ether oxygens (including phenoxy) is 2. The summed E-state index contributed by atoms with van der Waals surface area (Å²) in [5.74, 6) is 4.02. The van der Waals surface area contributed by atoms with Gasteiger partial charge in [0.05, 0.1) is 0 Å². The minimum absolute atomic E-state index is 0.103. The number of hydrogen-bond donors (Lipinski definition) is 0. The van der Waals surface area contributed by atoms with Crippen LogP contribution in [0, 0.1) is 38.5 Å². The van der Waals surface area contributed by atoms with Gasteiger partial charge >= 0.3 is 5.97 Å². The molecule has 3 heteroatoms. The Balaban J connectivity index is 1.80. The van der Waals surface area contributed by atoms with Gasteiger partial charge in [-0.2, -0.15) is 0 Å².